The summed E-state index contributed by atoms with van der Waals surface area (Å²) in [5, 5.41) is 7.72. The predicted octanol–water partition coefficient (Wildman–Crippen LogP) is 3.48. The molecule has 0 saturated heterocycles. The topological polar surface area (TPSA) is 46.9 Å². The maximum atomic E-state index is 12.5. The number of hydrogen-bond donors (Lipinski definition) is 1. The van der Waals surface area contributed by atoms with E-state index in [0.29, 0.717) is 23.2 Å². The highest BCUT2D eigenvalue weighted by atomic mass is 35.5. The zero-order chi connectivity index (χ0) is 14.8. The van der Waals surface area contributed by atoms with Crippen molar-refractivity contribution in [2.45, 2.75) is 32.4 Å². The van der Waals surface area contributed by atoms with Gasteiger partial charge in [-0.15, -0.1) is 0 Å². The van der Waals surface area contributed by atoms with Crippen LogP contribution in [0, 0.1) is 5.92 Å². The quantitative estimate of drug-likeness (QED) is 0.920. The van der Waals surface area contributed by atoms with Crippen molar-refractivity contribution >= 4 is 17.3 Å². The molecular weight excluding hydrogens is 286 g/mol. The van der Waals surface area contributed by atoms with E-state index in [9.17, 15) is 4.79 Å². The second kappa shape index (κ2) is 5.90. The van der Waals surface area contributed by atoms with E-state index in [1.165, 1.54) is 17.5 Å². The standard InChI is InChI=1S/C16H18ClN3O/c1-11(13-5-3-2-4-6-13)19-15-14(17)9-18-20(16(15)21)10-12-7-8-12/h2-6,9,11-12,19H,7-8,10H2,1H3. The Labute approximate surface area is 128 Å². The number of nitrogens with zero attached hydrogens (tertiary/aromatic N) is 2. The lowest BCUT2D eigenvalue weighted by molar-refractivity contribution is 0.534. The molecule has 1 saturated carbocycles. The van der Waals surface area contributed by atoms with Crippen molar-refractivity contribution in [1.82, 2.24) is 9.78 Å². The average molecular weight is 304 g/mol. The summed E-state index contributed by atoms with van der Waals surface area (Å²) in [6.07, 6.45) is 3.91. The van der Waals surface area contributed by atoms with Crippen LogP contribution in [0.15, 0.2) is 41.3 Å². The van der Waals surface area contributed by atoms with Gasteiger partial charge in [0.1, 0.15) is 5.69 Å². The summed E-state index contributed by atoms with van der Waals surface area (Å²) >= 11 is 6.15. The molecule has 1 aliphatic carbocycles. The van der Waals surface area contributed by atoms with Crippen LogP contribution in [0.5, 0.6) is 0 Å². The summed E-state index contributed by atoms with van der Waals surface area (Å²) < 4.78 is 1.52. The highest BCUT2D eigenvalue weighted by Crippen LogP contribution is 2.30. The Bertz CT molecular complexity index is 680. The van der Waals surface area contributed by atoms with Crippen LogP contribution >= 0.6 is 11.6 Å². The number of halogens is 1. The zero-order valence-corrected chi connectivity index (χ0v) is 12.7. The number of rotatable bonds is 5. The molecule has 1 aliphatic rings. The first-order valence-electron chi connectivity index (χ1n) is 7.22. The van der Waals surface area contributed by atoms with Crippen molar-refractivity contribution in [3.05, 3.63) is 57.5 Å². The minimum absolute atomic E-state index is 0.00757. The van der Waals surface area contributed by atoms with Gasteiger partial charge >= 0.3 is 0 Å². The van der Waals surface area contributed by atoms with Crippen molar-refractivity contribution < 1.29 is 0 Å². The van der Waals surface area contributed by atoms with Gasteiger partial charge < -0.3 is 5.32 Å². The minimum atomic E-state index is -0.141. The predicted molar refractivity (Wildman–Crippen MR) is 84.7 cm³/mol. The first-order chi connectivity index (χ1) is 10.1. The highest BCUT2D eigenvalue weighted by Gasteiger charge is 2.23. The van der Waals surface area contributed by atoms with Crippen LogP contribution < -0.4 is 10.9 Å². The minimum Gasteiger partial charge on any atom is -0.373 e. The maximum Gasteiger partial charge on any atom is 0.291 e. The van der Waals surface area contributed by atoms with Crippen molar-refractivity contribution in [3.8, 4) is 0 Å². The van der Waals surface area contributed by atoms with Crippen LogP contribution in [0.1, 0.15) is 31.4 Å². The van der Waals surface area contributed by atoms with E-state index in [4.69, 9.17) is 11.6 Å². The van der Waals surface area contributed by atoms with Crippen molar-refractivity contribution in [1.29, 1.82) is 0 Å². The molecule has 0 aliphatic heterocycles. The van der Waals surface area contributed by atoms with E-state index in [1.807, 2.05) is 37.3 Å². The van der Waals surface area contributed by atoms with E-state index < -0.39 is 0 Å². The molecule has 1 atom stereocenters. The van der Waals surface area contributed by atoms with Gasteiger partial charge in [-0.25, -0.2) is 4.68 Å². The Morgan fingerprint density at radius 1 is 1.38 bits per heavy atom. The number of nitrogens with one attached hydrogen (secondary N) is 1. The first kappa shape index (κ1) is 14.1. The number of aromatic nitrogens is 2. The second-order valence-corrected chi connectivity index (χ2v) is 5.98. The molecule has 1 heterocycles. The molecule has 4 nitrogen and oxygen atoms in total. The molecule has 3 rings (SSSR count). The van der Waals surface area contributed by atoms with Crippen molar-refractivity contribution in [3.63, 3.8) is 0 Å². The molecule has 1 fully saturated rings. The van der Waals surface area contributed by atoms with Gasteiger partial charge in [-0.2, -0.15) is 5.10 Å². The number of anilines is 1. The van der Waals surface area contributed by atoms with Gasteiger partial charge in [-0.05, 0) is 31.2 Å². The van der Waals surface area contributed by atoms with Gasteiger partial charge in [0.15, 0.2) is 0 Å². The van der Waals surface area contributed by atoms with Gasteiger partial charge in [0.05, 0.1) is 11.2 Å². The Kier molecular flexibility index (Phi) is 3.97. The van der Waals surface area contributed by atoms with Crippen LogP contribution in [-0.2, 0) is 6.54 Å². The molecule has 1 aromatic heterocycles. The fraction of sp³-hybridized carbons (Fsp3) is 0.375. The fourth-order valence-corrected chi connectivity index (χ4v) is 2.49. The third-order valence-corrected chi connectivity index (χ3v) is 4.07. The first-order valence-corrected chi connectivity index (χ1v) is 7.60. The van der Waals surface area contributed by atoms with Crippen LogP contribution in [0.4, 0.5) is 5.69 Å². The third-order valence-electron chi connectivity index (χ3n) is 3.79. The summed E-state index contributed by atoms with van der Waals surface area (Å²) in [5.74, 6) is 0.593. The lowest BCUT2D eigenvalue weighted by Crippen LogP contribution is -2.27. The van der Waals surface area contributed by atoms with Crippen LogP contribution in [0.3, 0.4) is 0 Å². The summed E-state index contributed by atoms with van der Waals surface area (Å²) in [7, 11) is 0. The second-order valence-electron chi connectivity index (χ2n) is 5.57. The molecule has 1 aromatic carbocycles. The molecule has 0 radical (unpaired) electrons. The van der Waals surface area contributed by atoms with Gasteiger partial charge in [0.2, 0.25) is 0 Å². The van der Waals surface area contributed by atoms with Crippen LogP contribution in [0.2, 0.25) is 5.02 Å². The lowest BCUT2D eigenvalue weighted by atomic mass is 10.1. The molecule has 0 amide bonds. The van der Waals surface area contributed by atoms with E-state index in [-0.39, 0.29) is 11.6 Å². The fourth-order valence-electron chi connectivity index (χ4n) is 2.32. The summed E-state index contributed by atoms with van der Waals surface area (Å²) in [6, 6.07) is 9.98. The number of hydrogen-bond acceptors (Lipinski definition) is 3. The molecule has 1 N–H and O–H groups in total. The van der Waals surface area contributed by atoms with Crippen molar-refractivity contribution in [2.75, 3.05) is 5.32 Å². The Morgan fingerprint density at radius 3 is 2.76 bits per heavy atom. The van der Waals surface area contributed by atoms with E-state index in [1.54, 1.807) is 6.20 Å². The summed E-state index contributed by atoms with van der Waals surface area (Å²) in [4.78, 5) is 12.5. The molecule has 110 valence electrons. The largest absolute Gasteiger partial charge is 0.373 e. The Hall–Kier alpha value is -1.81. The smallest absolute Gasteiger partial charge is 0.291 e. The van der Waals surface area contributed by atoms with Gasteiger partial charge in [-0.3, -0.25) is 4.79 Å². The average Bonchev–Trinajstić information content (AvgIpc) is 3.31. The van der Waals surface area contributed by atoms with Crippen LogP contribution in [0.25, 0.3) is 0 Å². The zero-order valence-electron chi connectivity index (χ0n) is 11.9. The maximum absolute atomic E-state index is 12.5. The third kappa shape index (κ3) is 3.27. The lowest BCUT2D eigenvalue weighted by Gasteiger charge is -2.17. The Balaban J connectivity index is 1.85. The molecule has 21 heavy (non-hydrogen) atoms. The van der Waals surface area contributed by atoms with Crippen LogP contribution in [-0.4, -0.2) is 9.78 Å². The Morgan fingerprint density at radius 2 is 2.10 bits per heavy atom. The number of benzene rings is 1. The normalized spacial score (nSPS) is 15.7. The monoisotopic (exact) mass is 303 g/mol. The molecule has 1 unspecified atom stereocenters. The van der Waals surface area contributed by atoms with E-state index >= 15 is 0 Å². The SMILES string of the molecule is CC(Nc1c(Cl)cnn(CC2CC2)c1=O)c1ccccc1. The molecule has 2 aromatic rings. The van der Waals surface area contributed by atoms with Gasteiger partial charge in [-0.1, -0.05) is 41.9 Å². The highest BCUT2D eigenvalue weighted by molar-refractivity contribution is 6.33. The molecule has 0 spiro atoms. The molecule has 0 bridgehead atoms. The molecular formula is C16H18ClN3O. The van der Waals surface area contributed by atoms with Gasteiger partial charge in [0, 0.05) is 12.6 Å². The summed E-state index contributed by atoms with van der Waals surface area (Å²) in [5.41, 5.74) is 1.40. The van der Waals surface area contributed by atoms with Gasteiger partial charge in [0.25, 0.3) is 5.56 Å². The van der Waals surface area contributed by atoms with Crippen molar-refractivity contribution in [2.24, 2.45) is 5.92 Å². The summed E-state index contributed by atoms with van der Waals surface area (Å²) in [6.45, 7) is 2.70. The molecule has 5 heteroatoms. The van der Waals surface area contributed by atoms with E-state index in [2.05, 4.69) is 10.4 Å². The van der Waals surface area contributed by atoms with E-state index in [0.717, 1.165) is 5.56 Å².